The number of carboxylic acids is 1. The second-order valence-corrected chi connectivity index (χ2v) is 5.66. The summed E-state index contributed by atoms with van der Waals surface area (Å²) in [6, 6.07) is 5.45. The predicted molar refractivity (Wildman–Crippen MR) is 89.2 cm³/mol. The number of hydrogen-bond donors (Lipinski definition) is 2. The first kappa shape index (κ1) is 17.7. The Bertz CT molecular complexity index is 683. The van der Waals surface area contributed by atoms with Crippen molar-refractivity contribution in [3.63, 3.8) is 0 Å². The molecular formula is C17H22N4O3. The Morgan fingerprint density at radius 2 is 2.00 bits per heavy atom. The predicted octanol–water partition coefficient (Wildman–Crippen LogP) is 2.34. The van der Waals surface area contributed by atoms with Gasteiger partial charge in [-0.2, -0.15) is 5.10 Å². The molecule has 0 saturated carbocycles. The average Bonchev–Trinajstić information content (AvgIpc) is 3.07. The van der Waals surface area contributed by atoms with E-state index in [-0.39, 0.29) is 12.3 Å². The molecule has 2 rings (SSSR count). The molecule has 128 valence electrons. The Kier molecular flexibility index (Phi) is 6.48. The number of nitrogens with one attached hydrogen (secondary N) is 1. The Morgan fingerprint density at radius 3 is 2.67 bits per heavy atom. The van der Waals surface area contributed by atoms with E-state index in [1.807, 2.05) is 19.1 Å². The van der Waals surface area contributed by atoms with Crippen LogP contribution in [-0.4, -0.2) is 38.3 Å². The number of aromatic nitrogens is 3. The summed E-state index contributed by atoms with van der Waals surface area (Å²) in [6.07, 6.45) is 6.62. The summed E-state index contributed by atoms with van der Waals surface area (Å²) in [6.45, 7) is 2.52. The first-order chi connectivity index (χ1) is 11.6. The van der Waals surface area contributed by atoms with Crippen molar-refractivity contribution < 1.29 is 14.7 Å². The van der Waals surface area contributed by atoms with Gasteiger partial charge in [0.15, 0.2) is 0 Å². The smallest absolute Gasteiger partial charge is 0.303 e. The van der Waals surface area contributed by atoms with Crippen LogP contribution in [0, 0.1) is 6.92 Å². The molecule has 24 heavy (non-hydrogen) atoms. The summed E-state index contributed by atoms with van der Waals surface area (Å²) in [5, 5.41) is 15.5. The Morgan fingerprint density at radius 1 is 1.21 bits per heavy atom. The van der Waals surface area contributed by atoms with Crippen molar-refractivity contribution >= 4 is 11.9 Å². The molecule has 0 spiro atoms. The van der Waals surface area contributed by atoms with Gasteiger partial charge in [-0.05, 0) is 43.5 Å². The number of carbonyl (C=O) groups is 2. The van der Waals surface area contributed by atoms with Crippen LogP contribution in [0.25, 0.3) is 5.69 Å². The number of aliphatic carboxylic acids is 1. The van der Waals surface area contributed by atoms with Crippen LogP contribution in [-0.2, 0) is 4.79 Å². The van der Waals surface area contributed by atoms with Crippen molar-refractivity contribution in [2.24, 2.45) is 0 Å². The Labute approximate surface area is 140 Å². The molecule has 1 amide bonds. The number of carbonyl (C=O) groups excluding carboxylic acids is 1. The SMILES string of the molecule is Cc1cc(C(=O)NCCCCCCC(=O)O)ccc1-n1cncn1. The largest absolute Gasteiger partial charge is 0.481 e. The molecule has 1 aromatic carbocycles. The lowest BCUT2D eigenvalue weighted by atomic mass is 10.1. The standard InChI is InChI=1S/C17H22N4O3/c1-13-10-14(7-8-15(13)21-12-18-11-20-21)17(24)19-9-5-3-2-4-6-16(22)23/h7-8,10-12H,2-6,9H2,1H3,(H,19,24)(H,22,23). The van der Waals surface area contributed by atoms with Gasteiger partial charge in [0.05, 0.1) is 5.69 Å². The molecule has 7 heteroatoms. The molecule has 0 saturated heterocycles. The highest BCUT2D eigenvalue weighted by molar-refractivity contribution is 5.94. The van der Waals surface area contributed by atoms with E-state index in [4.69, 9.17) is 5.11 Å². The highest BCUT2D eigenvalue weighted by Crippen LogP contribution is 2.14. The number of benzene rings is 1. The first-order valence-electron chi connectivity index (χ1n) is 8.03. The van der Waals surface area contributed by atoms with Gasteiger partial charge in [0.1, 0.15) is 12.7 Å². The van der Waals surface area contributed by atoms with Gasteiger partial charge in [-0.3, -0.25) is 9.59 Å². The van der Waals surface area contributed by atoms with Crippen molar-refractivity contribution in [1.29, 1.82) is 0 Å². The molecule has 0 atom stereocenters. The second-order valence-electron chi connectivity index (χ2n) is 5.66. The zero-order valence-electron chi connectivity index (χ0n) is 13.7. The molecule has 0 aliphatic rings. The van der Waals surface area contributed by atoms with Gasteiger partial charge < -0.3 is 10.4 Å². The minimum atomic E-state index is -0.756. The van der Waals surface area contributed by atoms with Gasteiger partial charge in [-0.1, -0.05) is 12.8 Å². The van der Waals surface area contributed by atoms with E-state index >= 15 is 0 Å². The van der Waals surface area contributed by atoms with Crippen molar-refractivity contribution in [1.82, 2.24) is 20.1 Å². The van der Waals surface area contributed by atoms with E-state index in [0.717, 1.165) is 30.5 Å². The fourth-order valence-corrected chi connectivity index (χ4v) is 2.45. The number of rotatable bonds is 9. The lowest BCUT2D eigenvalue weighted by Crippen LogP contribution is -2.24. The number of unbranched alkanes of at least 4 members (excludes halogenated alkanes) is 3. The van der Waals surface area contributed by atoms with Crippen LogP contribution in [0.1, 0.15) is 48.0 Å². The van der Waals surface area contributed by atoms with Crippen LogP contribution in [0.5, 0.6) is 0 Å². The van der Waals surface area contributed by atoms with Crippen LogP contribution < -0.4 is 5.32 Å². The fraction of sp³-hybridized carbons (Fsp3) is 0.412. The molecule has 0 fully saturated rings. The van der Waals surface area contributed by atoms with E-state index in [2.05, 4.69) is 15.4 Å². The van der Waals surface area contributed by atoms with Crippen molar-refractivity contribution in [3.8, 4) is 5.69 Å². The molecule has 0 unspecified atom stereocenters. The molecule has 1 heterocycles. The van der Waals surface area contributed by atoms with Crippen LogP contribution in [0.2, 0.25) is 0 Å². The maximum Gasteiger partial charge on any atom is 0.303 e. The van der Waals surface area contributed by atoms with Crippen molar-refractivity contribution in [2.75, 3.05) is 6.54 Å². The molecule has 0 radical (unpaired) electrons. The first-order valence-corrected chi connectivity index (χ1v) is 8.03. The number of aryl methyl sites for hydroxylation is 1. The molecule has 0 aliphatic heterocycles. The lowest BCUT2D eigenvalue weighted by molar-refractivity contribution is -0.137. The summed E-state index contributed by atoms with van der Waals surface area (Å²) in [5.74, 6) is -0.859. The second kappa shape index (κ2) is 8.81. The van der Waals surface area contributed by atoms with Gasteiger partial charge in [0.25, 0.3) is 5.91 Å². The third kappa shape index (κ3) is 5.19. The van der Waals surface area contributed by atoms with Gasteiger partial charge in [-0.25, -0.2) is 9.67 Å². The molecule has 0 bridgehead atoms. The van der Waals surface area contributed by atoms with E-state index < -0.39 is 5.97 Å². The zero-order chi connectivity index (χ0) is 17.4. The third-order valence-electron chi connectivity index (χ3n) is 3.73. The summed E-state index contributed by atoms with van der Waals surface area (Å²) >= 11 is 0. The van der Waals surface area contributed by atoms with E-state index in [9.17, 15) is 9.59 Å². The molecular weight excluding hydrogens is 308 g/mol. The van der Waals surface area contributed by atoms with E-state index in [1.165, 1.54) is 6.33 Å². The summed E-state index contributed by atoms with van der Waals surface area (Å²) < 4.78 is 1.66. The average molecular weight is 330 g/mol. The molecule has 2 aromatic rings. The van der Waals surface area contributed by atoms with Crippen molar-refractivity contribution in [2.45, 2.75) is 39.0 Å². The third-order valence-corrected chi connectivity index (χ3v) is 3.73. The lowest BCUT2D eigenvalue weighted by Gasteiger charge is -2.09. The normalized spacial score (nSPS) is 10.5. The summed E-state index contributed by atoms with van der Waals surface area (Å²) in [4.78, 5) is 26.5. The minimum absolute atomic E-state index is 0.103. The van der Waals surface area contributed by atoms with E-state index in [0.29, 0.717) is 18.5 Å². The maximum atomic E-state index is 12.1. The number of carboxylic acid groups (broad SMARTS) is 1. The zero-order valence-corrected chi connectivity index (χ0v) is 13.7. The molecule has 7 nitrogen and oxygen atoms in total. The van der Waals surface area contributed by atoms with Gasteiger partial charge in [0, 0.05) is 18.5 Å². The van der Waals surface area contributed by atoms with Crippen LogP contribution in [0.3, 0.4) is 0 Å². The summed E-state index contributed by atoms with van der Waals surface area (Å²) in [7, 11) is 0. The fourth-order valence-electron chi connectivity index (χ4n) is 2.45. The number of amides is 1. The summed E-state index contributed by atoms with van der Waals surface area (Å²) in [5.41, 5.74) is 2.45. The topological polar surface area (TPSA) is 97.1 Å². The minimum Gasteiger partial charge on any atom is -0.481 e. The molecule has 1 aromatic heterocycles. The van der Waals surface area contributed by atoms with E-state index in [1.54, 1.807) is 17.1 Å². The van der Waals surface area contributed by atoms with Gasteiger partial charge in [-0.15, -0.1) is 0 Å². The monoisotopic (exact) mass is 330 g/mol. The van der Waals surface area contributed by atoms with Crippen LogP contribution in [0.4, 0.5) is 0 Å². The van der Waals surface area contributed by atoms with Crippen LogP contribution >= 0.6 is 0 Å². The molecule has 0 aliphatic carbocycles. The van der Waals surface area contributed by atoms with Gasteiger partial charge in [0.2, 0.25) is 0 Å². The highest BCUT2D eigenvalue weighted by atomic mass is 16.4. The molecule has 2 N–H and O–H groups in total. The highest BCUT2D eigenvalue weighted by Gasteiger charge is 2.08. The van der Waals surface area contributed by atoms with Crippen molar-refractivity contribution in [3.05, 3.63) is 42.0 Å². The number of nitrogens with zero attached hydrogens (tertiary/aromatic N) is 3. The van der Waals surface area contributed by atoms with Gasteiger partial charge >= 0.3 is 5.97 Å². The maximum absolute atomic E-state index is 12.1. The number of hydrogen-bond acceptors (Lipinski definition) is 4. The quantitative estimate of drug-likeness (QED) is 0.688. The van der Waals surface area contributed by atoms with Crippen LogP contribution in [0.15, 0.2) is 30.9 Å². The Balaban J connectivity index is 1.77. The Hall–Kier alpha value is -2.70.